The lowest BCUT2D eigenvalue weighted by molar-refractivity contribution is -0.136. The Bertz CT molecular complexity index is 749. The normalized spacial score (nSPS) is 16.8. The number of carbonyl (C=O) groups is 2. The number of anilines is 1. The molecule has 2 amide bonds. The van der Waals surface area contributed by atoms with E-state index in [-0.39, 0.29) is 24.3 Å². The zero-order chi connectivity index (χ0) is 18.4. The summed E-state index contributed by atoms with van der Waals surface area (Å²) in [6.45, 7) is 1.08. The minimum atomic E-state index is -0.194. The van der Waals surface area contributed by atoms with E-state index in [4.69, 9.17) is 4.74 Å². The number of nitrogens with zero attached hydrogens (tertiary/aromatic N) is 1. The van der Waals surface area contributed by atoms with Crippen molar-refractivity contribution in [2.24, 2.45) is 5.92 Å². The van der Waals surface area contributed by atoms with Crippen molar-refractivity contribution in [2.75, 3.05) is 25.0 Å². The topological polar surface area (TPSA) is 58.6 Å². The number of ether oxygens (including phenoxy) is 1. The van der Waals surface area contributed by atoms with E-state index in [0.717, 1.165) is 23.0 Å². The van der Waals surface area contributed by atoms with Gasteiger partial charge in [0, 0.05) is 23.2 Å². The lowest BCUT2D eigenvalue weighted by atomic mass is 9.97. The third kappa shape index (κ3) is 5.08. The average molecular weight is 417 g/mol. The maximum Gasteiger partial charge on any atom is 0.260 e. The van der Waals surface area contributed by atoms with Crippen molar-refractivity contribution in [3.63, 3.8) is 0 Å². The smallest absolute Gasteiger partial charge is 0.260 e. The molecule has 1 aliphatic heterocycles. The van der Waals surface area contributed by atoms with Crippen LogP contribution >= 0.6 is 15.9 Å². The number of likely N-dealkylation sites (tertiary alicyclic amines) is 1. The fourth-order valence-electron chi connectivity index (χ4n) is 2.95. The second-order valence-electron chi connectivity index (χ2n) is 6.28. The molecule has 0 aromatic heterocycles. The van der Waals surface area contributed by atoms with Crippen LogP contribution in [0.5, 0.6) is 5.75 Å². The molecule has 136 valence electrons. The molecule has 1 fully saturated rings. The third-order valence-corrected chi connectivity index (χ3v) is 4.89. The highest BCUT2D eigenvalue weighted by atomic mass is 79.9. The molecule has 6 heteroatoms. The van der Waals surface area contributed by atoms with Crippen molar-refractivity contribution >= 4 is 33.4 Å². The first-order valence-electron chi connectivity index (χ1n) is 8.64. The summed E-state index contributed by atoms with van der Waals surface area (Å²) in [4.78, 5) is 26.6. The van der Waals surface area contributed by atoms with E-state index in [2.05, 4.69) is 21.2 Å². The van der Waals surface area contributed by atoms with Crippen molar-refractivity contribution in [2.45, 2.75) is 12.8 Å². The summed E-state index contributed by atoms with van der Waals surface area (Å²) in [5.74, 6) is 0.324. The Morgan fingerprint density at radius 3 is 2.58 bits per heavy atom. The second-order valence-corrected chi connectivity index (χ2v) is 7.19. The largest absolute Gasteiger partial charge is 0.484 e. The first-order chi connectivity index (χ1) is 12.6. The van der Waals surface area contributed by atoms with Crippen LogP contribution in [0.3, 0.4) is 0 Å². The minimum absolute atomic E-state index is 0.0192. The van der Waals surface area contributed by atoms with E-state index in [1.54, 1.807) is 4.90 Å². The Kier molecular flexibility index (Phi) is 6.28. The number of nitrogens with one attached hydrogen (secondary N) is 1. The molecule has 0 aliphatic carbocycles. The van der Waals surface area contributed by atoms with Gasteiger partial charge in [-0.15, -0.1) is 0 Å². The van der Waals surface area contributed by atoms with Gasteiger partial charge in [0.05, 0.1) is 5.92 Å². The van der Waals surface area contributed by atoms with Crippen LogP contribution in [0.2, 0.25) is 0 Å². The summed E-state index contributed by atoms with van der Waals surface area (Å²) in [7, 11) is 0. The molecule has 26 heavy (non-hydrogen) atoms. The van der Waals surface area contributed by atoms with Gasteiger partial charge in [0.25, 0.3) is 5.91 Å². The summed E-state index contributed by atoms with van der Waals surface area (Å²) in [6, 6.07) is 16.7. The Morgan fingerprint density at radius 2 is 1.85 bits per heavy atom. The number of rotatable bonds is 5. The molecular weight excluding hydrogens is 396 g/mol. The van der Waals surface area contributed by atoms with Gasteiger partial charge in [-0.3, -0.25) is 9.59 Å². The highest BCUT2D eigenvalue weighted by molar-refractivity contribution is 9.10. The first kappa shape index (κ1) is 18.5. The van der Waals surface area contributed by atoms with Gasteiger partial charge in [0.2, 0.25) is 5.91 Å². The maximum absolute atomic E-state index is 12.5. The first-order valence-corrected chi connectivity index (χ1v) is 9.43. The highest BCUT2D eigenvalue weighted by Crippen LogP contribution is 2.20. The molecule has 0 bridgehead atoms. The molecule has 2 aromatic rings. The second kappa shape index (κ2) is 8.85. The number of amides is 2. The van der Waals surface area contributed by atoms with Crippen LogP contribution in [0.4, 0.5) is 5.69 Å². The van der Waals surface area contributed by atoms with E-state index < -0.39 is 0 Å². The van der Waals surface area contributed by atoms with E-state index in [1.165, 1.54) is 0 Å². The molecule has 0 saturated carbocycles. The van der Waals surface area contributed by atoms with Gasteiger partial charge < -0.3 is 15.0 Å². The summed E-state index contributed by atoms with van der Waals surface area (Å²) in [5, 5.41) is 2.92. The van der Waals surface area contributed by atoms with Crippen molar-refractivity contribution < 1.29 is 14.3 Å². The standard InChI is InChI=1S/C20H21BrN2O3/c21-16-8-10-18(11-9-16)26-14-19(24)23-12-4-5-15(13-23)20(25)22-17-6-2-1-3-7-17/h1-3,6-11,15H,4-5,12-14H2,(H,22,25). The molecule has 5 nitrogen and oxygen atoms in total. The molecule has 0 spiro atoms. The fourth-order valence-corrected chi connectivity index (χ4v) is 3.21. The molecule has 1 heterocycles. The number of benzene rings is 2. The third-order valence-electron chi connectivity index (χ3n) is 4.36. The zero-order valence-electron chi connectivity index (χ0n) is 14.4. The molecule has 1 N–H and O–H groups in total. The molecule has 1 atom stereocenters. The SMILES string of the molecule is O=C(Nc1ccccc1)C1CCCN(C(=O)COc2ccc(Br)cc2)C1. The Labute approximate surface area is 161 Å². The Balaban J connectivity index is 1.51. The summed E-state index contributed by atoms with van der Waals surface area (Å²) in [6.07, 6.45) is 1.60. The molecular formula is C20H21BrN2O3. The number of halogens is 1. The van der Waals surface area contributed by atoms with Gasteiger partial charge in [-0.1, -0.05) is 34.1 Å². The lowest BCUT2D eigenvalue weighted by Crippen LogP contribution is -2.45. The van der Waals surface area contributed by atoms with Crippen LogP contribution in [0, 0.1) is 5.92 Å². The van der Waals surface area contributed by atoms with Gasteiger partial charge in [0.1, 0.15) is 5.75 Å². The fraction of sp³-hybridized carbons (Fsp3) is 0.300. The van der Waals surface area contributed by atoms with Crippen molar-refractivity contribution in [3.05, 3.63) is 59.1 Å². The van der Waals surface area contributed by atoms with Crippen LogP contribution in [0.1, 0.15) is 12.8 Å². The van der Waals surface area contributed by atoms with Crippen molar-refractivity contribution in [3.8, 4) is 5.75 Å². The molecule has 3 rings (SSSR count). The van der Waals surface area contributed by atoms with Crippen LogP contribution in [-0.2, 0) is 9.59 Å². The average Bonchev–Trinajstić information content (AvgIpc) is 2.68. The van der Waals surface area contributed by atoms with Crippen LogP contribution < -0.4 is 10.1 Å². The van der Waals surface area contributed by atoms with Gasteiger partial charge in [0.15, 0.2) is 6.61 Å². The van der Waals surface area contributed by atoms with Gasteiger partial charge in [-0.25, -0.2) is 0 Å². The van der Waals surface area contributed by atoms with Gasteiger partial charge in [-0.05, 0) is 49.2 Å². The predicted molar refractivity (Wildman–Crippen MR) is 104 cm³/mol. The molecule has 1 saturated heterocycles. The highest BCUT2D eigenvalue weighted by Gasteiger charge is 2.28. The number of hydrogen-bond acceptors (Lipinski definition) is 3. The Morgan fingerprint density at radius 1 is 1.12 bits per heavy atom. The van der Waals surface area contributed by atoms with E-state index in [0.29, 0.717) is 18.8 Å². The number of hydrogen-bond donors (Lipinski definition) is 1. The maximum atomic E-state index is 12.5. The summed E-state index contributed by atoms with van der Waals surface area (Å²) in [5.41, 5.74) is 0.777. The minimum Gasteiger partial charge on any atom is -0.484 e. The van der Waals surface area contributed by atoms with Crippen LogP contribution in [0.25, 0.3) is 0 Å². The molecule has 1 aliphatic rings. The predicted octanol–water partition coefficient (Wildman–Crippen LogP) is 3.71. The number of carbonyl (C=O) groups excluding carboxylic acids is 2. The number of piperidine rings is 1. The van der Waals surface area contributed by atoms with Crippen molar-refractivity contribution in [1.82, 2.24) is 4.90 Å². The Hall–Kier alpha value is -2.34. The van der Waals surface area contributed by atoms with Crippen molar-refractivity contribution in [1.29, 1.82) is 0 Å². The zero-order valence-corrected chi connectivity index (χ0v) is 15.9. The van der Waals surface area contributed by atoms with E-state index >= 15 is 0 Å². The van der Waals surface area contributed by atoms with E-state index in [1.807, 2.05) is 54.6 Å². The summed E-state index contributed by atoms with van der Waals surface area (Å²) < 4.78 is 6.51. The molecule has 2 aromatic carbocycles. The molecule has 0 radical (unpaired) electrons. The van der Waals surface area contributed by atoms with Gasteiger partial charge in [-0.2, -0.15) is 0 Å². The van der Waals surface area contributed by atoms with E-state index in [9.17, 15) is 9.59 Å². The summed E-state index contributed by atoms with van der Waals surface area (Å²) >= 11 is 3.36. The monoisotopic (exact) mass is 416 g/mol. The van der Waals surface area contributed by atoms with Crippen LogP contribution in [0.15, 0.2) is 59.1 Å². The number of para-hydroxylation sites is 1. The van der Waals surface area contributed by atoms with Gasteiger partial charge >= 0.3 is 0 Å². The molecule has 1 unspecified atom stereocenters. The lowest BCUT2D eigenvalue weighted by Gasteiger charge is -2.32. The van der Waals surface area contributed by atoms with Crippen LogP contribution in [-0.4, -0.2) is 36.4 Å². The quantitative estimate of drug-likeness (QED) is 0.807.